The average molecular weight is 283 g/mol. The number of hydrogen-bond donors (Lipinski definition) is 2. The minimum Gasteiger partial charge on any atom is -0.396 e. The molecule has 112 valence electrons. The summed E-state index contributed by atoms with van der Waals surface area (Å²) in [4.78, 5) is 13.6. The number of benzene rings is 1. The Morgan fingerprint density at radius 1 is 1.50 bits per heavy atom. The highest BCUT2D eigenvalue weighted by molar-refractivity contribution is 5.92. The summed E-state index contributed by atoms with van der Waals surface area (Å²) in [5, 5.41) is 2.67. The molecule has 0 aromatic heterocycles. The summed E-state index contributed by atoms with van der Waals surface area (Å²) in [5.41, 5.74) is 5.94. The van der Waals surface area contributed by atoms with Crippen molar-refractivity contribution in [1.29, 1.82) is 0 Å². The fourth-order valence-electron chi connectivity index (χ4n) is 1.59. The number of amides is 1. The monoisotopic (exact) mass is 283 g/mol. The van der Waals surface area contributed by atoms with Crippen molar-refractivity contribution in [3.05, 3.63) is 24.0 Å². The molecule has 5 nitrogen and oxygen atoms in total. The zero-order valence-corrected chi connectivity index (χ0v) is 12.1. The number of hydrogen-bond acceptors (Lipinski definition) is 4. The van der Waals surface area contributed by atoms with Crippen molar-refractivity contribution >= 4 is 17.3 Å². The largest absolute Gasteiger partial charge is 0.396 e. The molecule has 0 heterocycles. The number of rotatable bonds is 7. The molecule has 0 spiro atoms. The molecular weight excluding hydrogens is 261 g/mol. The maximum Gasteiger partial charge on any atom is 0.238 e. The molecule has 20 heavy (non-hydrogen) atoms. The highest BCUT2D eigenvalue weighted by atomic mass is 19.1. The van der Waals surface area contributed by atoms with Crippen molar-refractivity contribution in [2.24, 2.45) is 0 Å². The van der Waals surface area contributed by atoms with Gasteiger partial charge in [0.1, 0.15) is 5.82 Å². The molecule has 0 aliphatic carbocycles. The van der Waals surface area contributed by atoms with Crippen molar-refractivity contribution in [1.82, 2.24) is 4.90 Å². The minimum absolute atomic E-state index is 0.0153. The number of halogens is 1. The molecule has 1 aromatic carbocycles. The number of carbonyl (C=O) groups is 1. The van der Waals surface area contributed by atoms with Crippen molar-refractivity contribution in [3.63, 3.8) is 0 Å². The van der Waals surface area contributed by atoms with Crippen LogP contribution in [-0.2, 0) is 9.53 Å². The summed E-state index contributed by atoms with van der Waals surface area (Å²) in [6, 6.07) is 4.10. The summed E-state index contributed by atoms with van der Waals surface area (Å²) >= 11 is 0. The topological polar surface area (TPSA) is 67.6 Å². The number of nitrogens with two attached hydrogens (primary N) is 1. The Balaban J connectivity index is 2.37. The molecule has 0 saturated heterocycles. The van der Waals surface area contributed by atoms with Gasteiger partial charge >= 0.3 is 0 Å². The molecule has 0 aliphatic rings. The van der Waals surface area contributed by atoms with Crippen LogP contribution in [0.1, 0.15) is 13.8 Å². The Morgan fingerprint density at radius 2 is 2.20 bits per heavy atom. The Kier molecular flexibility index (Phi) is 6.41. The fourth-order valence-corrected chi connectivity index (χ4v) is 1.59. The van der Waals surface area contributed by atoms with Gasteiger partial charge in [-0.05, 0) is 39.1 Å². The third-order valence-corrected chi connectivity index (χ3v) is 2.62. The van der Waals surface area contributed by atoms with Crippen molar-refractivity contribution in [2.45, 2.75) is 20.0 Å². The van der Waals surface area contributed by atoms with E-state index in [-0.39, 0.29) is 24.2 Å². The summed E-state index contributed by atoms with van der Waals surface area (Å²) in [7, 11) is 1.84. The SMILES string of the molecule is CC(C)OCCN(C)CC(=O)Nc1ccc(F)c(N)c1. The van der Waals surface area contributed by atoms with Crippen LogP contribution in [0.4, 0.5) is 15.8 Å². The van der Waals surface area contributed by atoms with E-state index in [9.17, 15) is 9.18 Å². The number of likely N-dealkylation sites (N-methyl/N-ethyl adjacent to an activating group) is 1. The lowest BCUT2D eigenvalue weighted by atomic mass is 10.2. The third kappa shape index (κ3) is 5.99. The van der Waals surface area contributed by atoms with E-state index in [2.05, 4.69) is 5.32 Å². The van der Waals surface area contributed by atoms with E-state index in [0.717, 1.165) is 0 Å². The van der Waals surface area contributed by atoms with E-state index in [1.165, 1.54) is 18.2 Å². The highest BCUT2D eigenvalue weighted by Gasteiger charge is 2.08. The maximum atomic E-state index is 13.0. The predicted molar refractivity (Wildman–Crippen MR) is 78.0 cm³/mol. The number of ether oxygens (including phenoxy) is 1. The van der Waals surface area contributed by atoms with E-state index < -0.39 is 5.82 Å². The molecule has 0 unspecified atom stereocenters. The maximum absolute atomic E-state index is 13.0. The Labute approximate surface area is 118 Å². The first-order valence-electron chi connectivity index (χ1n) is 6.53. The van der Waals surface area contributed by atoms with Crippen LogP contribution in [0.2, 0.25) is 0 Å². The summed E-state index contributed by atoms with van der Waals surface area (Å²) < 4.78 is 18.4. The van der Waals surface area contributed by atoms with Crippen LogP contribution in [0.3, 0.4) is 0 Å². The van der Waals surface area contributed by atoms with Crippen LogP contribution in [0.15, 0.2) is 18.2 Å². The Morgan fingerprint density at radius 3 is 2.80 bits per heavy atom. The lowest BCUT2D eigenvalue weighted by molar-refractivity contribution is -0.117. The van der Waals surface area contributed by atoms with Gasteiger partial charge in [0.15, 0.2) is 0 Å². The normalized spacial score (nSPS) is 11.1. The van der Waals surface area contributed by atoms with Crippen LogP contribution in [0.5, 0.6) is 0 Å². The molecule has 0 radical (unpaired) electrons. The summed E-state index contributed by atoms with van der Waals surface area (Å²) in [6.07, 6.45) is 0.180. The zero-order valence-electron chi connectivity index (χ0n) is 12.1. The second-order valence-corrected chi connectivity index (χ2v) is 4.94. The van der Waals surface area contributed by atoms with Crippen LogP contribution in [0, 0.1) is 5.82 Å². The molecule has 0 bridgehead atoms. The smallest absolute Gasteiger partial charge is 0.238 e. The van der Waals surface area contributed by atoms with Gasteiger partial charge in [-0.2, -0.15) is 0 Å². The van der Waals surface area contributed by atoms with Crippen molar-refractivity contribution in [3.8, 4) is 0 Å². The van der Waals surface area contributed by atoms with Gasteiger partial charge < -0.3 is 15.8 Å². The van der Waals surface area contributed by atoms with Crippen LogP contribution >= 0.6 is 0 Å². The number of nitrogens with one attached hydrogen (secondary N) is 1. The fraction of sp³-hybridized carbons (Fsp3) is 0.500. The van der Waals surface area contributed by atoms with Gasteiger partial charge in [0.05, 0.1) is 24.9 Å². The Bertz CT molecular complexity index is 452. The van der Waals surface area contributed by atoms with E-state index >= 15 is 0 Å². The standard InChI is InChI=1S/C14H22FN3O2/c1-10(2)20-7-6-18(3)9-14(19)17-11-4-5-12(15)13(16)8-11/h4-5,8,10H,6-7,9,16H2,1-3H3,(H,17,19). The Hall–Kier alpha value is -1.66. The van der Waals surface area contributed by atoms with E-state index in [1.54, 1.807) is 0 Å². The van der Waals surface area contributed by atoms with Gasteiger partial charge in [-0.15, -0.1) is 0 Å². The number of anilines is 2. The number of nitrogens with zero attached hydrogens (tertiary/aromatic N) is 1. The van der Waals surface area contributed by atoms with Gasteiger partial charge in [0, 0.05) is 12.2 Å². The van der Waals surface area contributed by atoms with Crippen molar-refractivity contribution in [2.75, 3.05) is 37.8 Å². The molecule has 1 amide bonds. The average Bonchev–Trinajstić information content (AvgIpc) is 2.33. The quantitative estimate of drug-likeness (QED) is 0.747. The second kappa shape index (κ2) is 7.81. The zero-order chi connectivity index (χ0) is 15.1. The lowest BCUT2D eigenvalue weighted by Gasteiger charge is -2.17. The van der Waals surface area contributed by atoms with Gasteiger partial charge in [0.2, 0.25) is 5.91 Å². The molecule has 1 aromatic rings. The molecule has 1 rings (SSSR count). The van der Waals surface area contributed by atoms with E-state index in [1.807, 2.05) is 25.8 Å². The molecular formula is C14H22FN3O2. The van der Waals surface area contributed by atoms with Gasteiger partial charge in [-0.3, -0.25) is 9.69 Å². The number of carbonyl (C=O) groups excluding carboxylic acids is 1. The summed E-state index contributed by atoms with van der Waals surface area (Å²) in [5.74, 6) is -0.672. The van der Waals surface area contributed by atoms with Crippen LogP contribution < -0.4 is 11.1 Å². The lowest BCUT2D eigenvalue weighted by Crippen LogP contribution is -2.33. The van der Waals surface area contributed by atoms with Gasteiger partial charge in [0.25, 0.3) is 0 Å². The van der Waals surface area contributed by atoms with E-state index in [0.29, 0.717) is 18.8 Å². The van der Waals surface area contributed by atoms with E-state index in [4.69, 9.17) is 10.5 Å². The predicted octanol–water partition coefficient (Wildman–Crippen LogP) is 1.70. The molecule has 0 saturated carbocycles. The van der Waals surface area contributed by atoms with Crippen molar-refractivity contribution < 1.29 is 13.9 Å². The second-order valence-electron chi connectivity index (χ2n) is 4.94. The summed E-state index contributed by atoms with van der Waals surface area (Å²) in [6.45, 7) is 5.40. The molecule has 0 atom stereocenters. The molecule has 0 fully saturated rings. The van der Waals surface area contributed by atoms with Gasteiger partial charge in [-0.25, -0.2) is 4.39 Å². The number of nitrogen functional groups attached to an aromatic ring is 1. The molecule has 0 aliphatic heterocycles. The molecule has 6 heteroatoms. The van der Waals surface area contributed by atoms with Gasteiger partial charge in [-0.1, -0.05) is 0 Å². The molecule has 3 N–H and O–H groups in total. The first-order chi connectivity index (χ1) is 9.38. The van der Waals surface area contributed by atoms with Crippen LogP contribution in [0.25, 0.3) is 0 Å². The minimum atomic E-state index is -0.494. The van der Waals surface area contributed by atoms with Crippen LogP contribution in [-0.4, -0.2) is 43.7 Å². The highest BCUT2D eigenvalue weighted by Crippen LogP contribution is 2.16. The first kappa shape index (κ1) is 16.4. The first-order valence-corrected chi connectivity index (χ1v) is 6.53. The third-order valence-electron chi connectivity index (χ3n) is 2.62.